The molecule has 10 atom stereocenters. The largest absolute Gasteiger partial charge is 0.300 e. The molecule has 2 heteroatoms. The Morgan fingerprint density at radius 1 is 0.963 bits per heavy atom. The second-order valence-corrected chi connectivity index (χ2v) is 12.0. The number of ketones is 2. The van der Waals surface area contributed by atoms with Crippen LogP contribution in [0.15, 0.2) is 11.6 Å². The van der Waals surface area contributed by atoms with Crippen molar-refractivity contribution in [3.05, 3.63) is 11.6 Å². The van der Waals surface area contributed by atoms with Crippen molar-refractivity contribution < 1.29 is 9.59 Å². The fourth-order valence-electron chi connectivity index (χ4n) is 10.4. The lowest BCUT2D eigenvalue weighted by Gasteiger charge is -2.60. The van der Waals surface area contributed by atoms with Crippen LogP contribution in [0.25, 0.3) is 0 Å². The number of fused-ring (bicyclic) bond motifs is 12. The van der Waals surface area contributed by atoms with Crippen molar-refractivity contribution in [2.75, 3.05) is 0 Å². The number of carbonyl (C=O) groups is 2. The van der Waals surface area contributed by atoms with Crippen molar-refractivity contribution in [2.45, 2.75) is 71.6 Å². The fourth-order valence-corrected chi connectivity index (χ4v) is 10.4. The molecule has 2 nitrogen and oxygen atoms in total. The Morgan fingerprint density at radius 3 is 2.59 bits per heavy atom. The second-order valence-electron chi connectivity index (χ2n) is 12.0. The van der Waals surface area contributed by atoms with Gasteiger partial charge in [-0.15, -0.1) is 0 Å². The van der Waals surface area contributed by atoms with E-state index in [0.29, 0.717) is 27.8 Å². The van der Waals surface area contributed by atoms with Gasteiger partial charge in [0.25, 0.3) is 0 Å². The van der Waals surface area contributed by atoms with E-state index in [4.69, 9.17) is 0 Å². The highest BCUT2D eigenvalue weighted by atomic mass is 16.1. The van der Waals surface area contributed by atoms with Gasteiger partial charge in [-0.3, -0.25) is 9.59 Å². The molecule has 0 radical (unpaired) electrons. The summed E-state index contributed by atoms with van der Waals surface area (Å²) in [5.41, 5.74) is 2.64. The zero-order valence-corrected chi connectivity index (χ0v) is 16.8. The standard InChI is InChI=1S/C25H32O2/c1-23-6-3-13(26)9-19(23)15-10-16(15)21-18(23)5-7-24(2)22(21)17-11-20(17)25(24)8-4-14(27)12-25/h9,15-18,20-22H,3-8,10-12H2,1-2H3/t15?,16?,17?,18?,20?,21-,22?,23-,24+,25+/m1/s1. The van der Waals surface area contributed by atoms with Gasteiger partial charge in [0, 0.05) is 19.3 Å². The molecule has 6 fully saturated rings. The Hall–Kier alpha value is -0.920. The van der Waals surface area contributed by atoms with Crippen LogP contribution in [0, 0.1) is 57.7 Å². The molecule has 6 unspecified atom stereocenters. The minimum atomic E-state index is 0.295. The van der Waals surface area contributed by atoms with Crippen molar-refractivity contribution >= 4 is 11.6 Å². The van der Waals surface area contributed by atoms with E-state index < -0.39 is 0 Å². The van der Waals surface area contributed by atoms with Crippen molar-refractivity contribution in [3.63, 3.8) is 0 Å². The summed E-state index contributed by atoms with van der Waals surface area (Å²) >= 11 is 0. The molecule has 1 spiro atoms. The summed E-state index contributed by atoms with van der Waals surface area (Å²) in [5, 5.41) is 0. The average Bonchev–Trinajstić information content (AvgIpc) is 3.53. The quantitative estimate of drug-likeness (QED) is 0.608. The van der Waals surface area contributed by atoms with Gasteiger partial charge in [-0.1, -0.05) is 19.4 Å². The van der Waals surface area contributed by atoms with Gasteiger partial charge < -0.3 is 0 Å². The normalized spacial score (nSPS) is 62.3. The molecule has 144 valence electrons. The van der Waals surface area contributed by atoms with Gasteiger partial charge >= 0.3 is 0 Å². The molecule has 0 N–H and O–H groups in total. The van der Waals surface area contributed by atoms with Gasteiger partial charge in [-0.05, 0) is 102 Å². The number of rotatable bonds is 0. The third-order valence-corrected chi connectivity index (χ3v) is 11.5. The molecule has 0 heterocycles. The van der Waals surface area contributed by atoms with Gasteiger partial charge in [0.2, 0.25) is 0 Å². The number of hydrogen-bond acceptors (Lipinski definition) is 2. The van der Waals surface area contributed by atoms with Gasteiger partial charge in [0.05, 0.1) is 0 Å². The minimum absolute atomic E-state index is 0.295. The smallest absolute Gasteiger partial charge is 0.155 e. The molecule has 7 rings (SSSR count). The highest BCUT2D eigenvalue weighted by Crippen LogP contribution is 2.84. The Balaban J connectivity index is 1.33. The topological polar surface area (TPSA) is 34.1 Å². The summed E-state index contributed by atoms with van der Waals surface area (Å²) in [6.45, 7) is 5.14. The van der Waals surface area contributed by atoms with E-state index in [1.165, 1.54) is 32.1 Å². The van der Waals surface area contributed by atoms with E-state index in [1.807, 2.05) is 0 Å². The SMILES string of the molecule is C[C@]12CCC(=O)C=C1C1CC1[C@@H]1C2CC[C@@]2(C)C1C1CC1[C@@]21CCC(=O)C1. The predicted octanol–water partition coefficient (Wildman–Crippen LogP) is 4.97. The van der Waals surface area contributed by atoms with Crippen molar-refractivity contribution in [1.29, 1.82) is 0 Å². The molecule has 0 saturated heterocycles. The molecule has 0 aromatic rings. The maximum atomic E-state index is 12.4. The Labute approximate surface area is 162 Å². The first kappa shape index (κ1) is 15.9. The molecule has 7 aliphatic carbocycles. The van der Waals surface area contributed by atoms with E-state index in [-0.39, 0.29) is 0 Å². The number of hydrogen-bond donors (Lipinski definition) is 0. The molecule has 0 aromatic carbocycles. The molecule has 0 aromatic heterocycles. The molecule has 27 heavy (non-hydrogen) atoms. The third kappa shape index (κ3) is 1.61. The Kier molecular flexibility index (Phi) is 2.64. The van der Waals surface area contributed by atoms with Crippen LogP contribution in [-0.4, -0.2) is 11.6 Å². The van der Waals surface area contributed by atoms with Crippen LogP contribution >= 0.6 is 0 Å². The van der Waals surface area contributed by atoms with E-state index in [0.717, 1.165) is 67.1 Å². The van der Waals surface area contributed by atoms with Crippen LogP contribution in [-0.2, 0) is 9.59 Å². The van der Waals surface area contributed by atoms with Crippen molar-refractivity contribution in [2.24, 2.45) is 57.7 Å². The minimum Gasteiger partial charge on any atom is -0.300 e. The van der Waals surface area contributed by atoms with Crippen LogP contribution in [0.3, 0.4) is 0 Å². The molecule has 7 aliphatic rings. The van der Waals surface area contributed by atoms with Gasteiger partial charge in [-0.2, -0.15) is 0 Å². The summed E-state index contributed by atoms with van der Waals surface area (Å²) in [6, 6.07) is 0. The van der Waals surface area contributed by atoms with Crippen LogP contribution in [0.5, 0.6) is 0 Å². The zero-order chi connectivity index (χ0) is 18.3. The van der Waals surface area contributed by atoms with E-state index in [2.05, 4.69) is 19.9 Å². The Bertz CT molecular complexity index is 824. The molecule has 0 bridgehead atoms. The van der Waals surface area contributed by atoms with E-state index in [1.54, 1.807) is 5.57 Å². The first-order valence-electron chi connectivity index (χ1n) is 11.7. The molecule has 6 saturated carbocycles. The van der Waals surface area contributed by atoms with Crippen LogP contribution in [0.1, 0.15) is 71.6 Å². The highest BCUT2D eigenvalue weighted by Gasteiger charge is 2.79. The lowest BCUT2D eigenvalue weighted by Crippen LogP contribution is -2.54. The number of Topliss-reactive ketones (excluding diaryl/α,β-unsaturated/α-hetero) is 1. The van der Waals surface area contributed by atoms with Gasteiger partial charge in [0.15, 0.2) is 5.78 Å². The van der Waals surface area contributed by atoms with E-state index in [9.17, 15) is 9.59 Å². The van der Waals surface area contributed by atoms with Gasteiger partial charge in [-0.25, -0.2) is 0 Å². The highest BCUT2D eigenvalue weighted by molar-refractivity contribution is 5.92. The maximum Gasteiger partial charge on any atom is 0.155 e. The number of carbonyl (C=O) groups excluding carboxylic acids is 2. The lowest BCUT2D eigenvalue weighted by atomic mass is 9.43. The second kappa shape index (κ2) is 4.46. The Morgan fingerprint density at radius 2 is 1.81 bits per heavy atom. The summed E-state index contributed by atoms with van der Waals surface area (Å²) in [4.78, 5) is 24.5. The molecular weight excluding hydrogens is 332 g/mol. The third-order valence-electron chi connectivity index (χ3n) is 11.5. The number of allylic oxidation sites excluding steroid dienone is 1. The van der Waals surface area contributed by atoms with Crippen LogP contribution < -0.4 is 0 Å². The van der Waals surface area contributed by atoms with Gasteiger partial charge in [0.1, 0.15) is 5.78 Å². The van der Waals surface area contributed by atoms with Crippen molar-refractivity contribution in [3.8, 4) is 0 Å². The zero-order valence-electron chi connectivity index (χ0n) is 16.8. The summed E-state index contributed by atoms with van der Waals surface area (Å²) in [5.74, 6) is 6.88. The molecular formula is C25H32O2. The fraction of sp³-hybridized carbons (Fsp3) is 0.840. The van der Waals surface area contributed by atoms with Crippen molar-refractivity contribution in [1.82, 2.24) is 0 Å². The lowest BCUT2D eigenvalue weighted by molar-refractivity contribution is -0.124. The molecule has 0 amide bonds. The summed E-state index contributed by atoms with van der Waals surface area (Å²) < 4.78 is 0. The average molecular weight is 365 g/mol. The summed E-state index contributed by atoms with van der Waals surface area (Å²) in [6.07, 6.45) is 12.4. The maximum absolute atomic E-state index is 12.4. The monoisotopic (exact) mass is 364 g/mol. The predicted molar refractivity (Wildman–Crippen MR) is 103 cm³/mol. The van der Waals surface area contributed by atoms with Crippen LogP contribution in [0.4, 0.5) is 0 Å². The first-order valence-corrected chi connectivity index (χ1v) is 11.7. The molecule has 0 aliphatic heterocycles. The summed E-state index contributed by atoms with van der Waals surface area (Å²) in [7, 11) is 0. The van der Waals surface area contributed by atoms with Crippen LogP contribution in [0.2, 0.25) is 0 Å². The van der Waals surface area contributed by atoms with E-state index >= 15 is 0 Å². The first-order chi connectivity index (χ1) is 12.9.